The fourth-order valence-electron chi connectivity index (χ4n) is 3.25. The molecular weight excluding hydrogens is 376 g/mol. The number of hydrogen-bond donors (Lipinski definition) is 1. The van der Waals surface area contributed by atoms with Crippen molar-refractivity contribution in [2.75, 3.05) is 6.61 Å². The Morgan fingerprint density at radius 2 is 1.72 bits per heavy atom. The van der Waals surface area contributed by atoms with Gasteiger partial charge in [-0.25, -0.2) is 4.79 Å². The zero-order chi connectivity index (χ0) is 21.3. The van der Waals surface area contributed by atoms with E-state index in [1.54, 1.807) is 6.07 Å². The third kappa shape index (κ3) is 3.46. The van der Waals surface area contributed by atoms with Crippen LogP contribution in [0.2, 0.25) is 0 Å². The summed E-state index contributed by atoms with van der Waals surface area (Å²) in [6, 6.07) is 8.37. The second-order valence-corrected chi connectivity index (χ2v) is 6.58. The van der Waals surface area contributed by atoms with Crippen molar-refractivity contribution in [2.45, 2.75) is 13.5 Å². The summed E-state index contributed by atoms with van der Waals surface area (Å²) in [5.74, 6) is 0.0530. The molecule has 3 rings (SSSR count). The molecule has 2 aromatic heterocycles. The van der Waals surface area contributed by atoms with Crippen molar-refractivity contribution in [2.24, 2.45) is 21.1 Å². The number of rotatable bonds is 5. The minimum absolute atomic E-state index is 0.00675. The highest BCUT2D eigenvalue weighted by Crippen LogP contribution is 2.18. The first kappa shape index (κ1) is 20.1. The van der Waals surface area contributed by atoms with Crippen molar-refractivity contribution in [3.8, 4) is 5.75 Å². The maximum absolute atomic E-state index is 12.9. The molecule has 1 N–H and O–H groups in total. The lowest BCUT2D eigenvalue weighted by Crippen LogP contribution is -2.41. The van der Waals surface area contributed by atoms with Crippen molar-refractivity contribution in [3.05, 3.63) is 72.7 Å². The number of carbonyl (C=O) groups excluding carboxylic acids is 1. The summed E-state index contributed by atoms with van der Waals surface area (Å²) < 4.78 is 8.82. The van der Waals surface area contributed by atoms with Gasteiger partial charge in [0.1, 0.15) is 11.4 Å². The average Bonchev–Trinajstić information content (AvgIpc) is 2.71. The lowest BCUT2D eigenvalue weighted by Gasteiger charge is -2.15. The molecule has 0 fully saturated rings. The van der Waals surface area contributed by atoms with E-state index in [0.717, 1.165) is 16.2 Å². The van der Waals surface area contributed by atoms with Crippen LogP contribution in [0.15, 0.2) is 44.7 Å². The van der Waals surface area contributed by atoms with Gasteiger partial charge in [-0.1, -0.05) is 18.2 Å². The number of ether oxygens (including phenoxy) is 1. The molecule has 0 radical (unpaired) electrons. The summed E-state index contributed by atoms with van der Waals surface area (Å²) in [6.45, 7) is 2.49. The topological polar surface area (TPSA) is 104 Å². The van der Waals surface area contributed by atoms with Gasteiger partial charge in [-0.2, -0.15) is 0 Å². The number of nitrogens with zero attached hydrogens (tertiary/aromatic N) is 3. The highest BCUT2D eigenvalue weighted by molar-refractivity contribution is 6.05. The smallest absolute Gasteiger partial charge is 0.332 e. The minimum Gasteiger partial charge on any atom is -0.494 e. The molecule has 3 aromatic rings. The molecule has 152 valence electrons. The summed E-state index contributed by atoms with van der Waals surface area (Å²) in [6.07, 6.45) is 0. The molecule has 9 heteroatoms. The fourth-order valence-corrected chi connectivity index (χ4v) is 3.25. The minimum atomic E-state index is -0.640. The average molecular weight is 398 g/mol. The van der Waals surface area contributed by atoms with Crippen LogP contribution in [0.4, 0.5) is 0 Å². The van der Waals surface area contributed by atoms with Gasteiger partial charge in [0.15, 0.2) is 0 Å². The Morgan fingerprint density at radius 3 is 2.41 bits per heavy atom. The van der Waals surface area contributed by atoms with Gasteiger partial charge in [0.05, 0.1) is 17.6 Å². The van der Waals surface area contributed by atoms with E-state index in [2.05, 4.69) is 5.32 Å². The van der Waals surface area contributed by atoms with Crippen LogP contribution in [0.25, 0.3) is 11.0 Å². The number of fused-ring (bicyclic) bond motifs is 1. The van der Waals surface area contributed by atoms with E-state index >= 15 is 0 Å². The second kappa shape index (κ2) is 7.78. The number of nitrogens with one attached hydrogen (secondary N) is 1. The Labute approximate surface area is 165 Å². The third-order valence-electron chi connectivity index (χ3n) is 4.78. The standard InChI is InChI=1S/C20H22N4O5/c1-5-29-14-9-7-6-8-12(14)11-21-17(26)13-10-15(25)22(2)18-16(13)19(27)24(4)20(28)23(18)3/h6-10H,5,11H2,1-4H3,(H,21,26). The van der Waals surface area contributed by atoms with Crippen LogP contribution in [0.5, 0.6) is 5.75 Å². The molecule has 0 saturated heterocycles. The van der Waals surface area contributed by atoms with Gasteiger partial charge in [-0.05, 0) is 13.0 Å². The van der Waals surface area contributed by atoms with E-state index in [-0.39, 0.29) is 23.1 Å². The molecule has 0 aliphatic rings. The van der Waals surface area contributed by atoms with Crippen LogP contribution in [0, 0.1) is 0 Å². The number of pyridine rings is 1. The summed E-state index contributed by atoms with van der Waals surface area (Å²) in [4.78, 5) is 50.3. The first-order chi connectivity index (χ1) is 13.8. The molecule has 0 aliphatic carbocycles. The van der Waals surface area contributed by atoms with Gasteiger partial charge < -0.3 is 10.1 Å². The third-order valence-corrected chi connectivity index (χ3v) is 4.78. The lowest BCUT2D eigenvalue weighted by molar-refractivity contribution is 0.0952. The molecule has 1 amide bonds. The first-order valence-electron chi connectivity index (χ1n) is 9.06. The van der Waals surface area contributed by atoms with Crippen molar-refractivity contribution in [1.82, 2.24) is 19.0 Å². The summed E-state index contributed by atoms with van der Waals surface area (Å²) in [5, 5.41) is 2.74. The zero-order valence-electron chi connectivity index (χ0n) is 16.7. The number of carbonyl (C=O) groups is 1. The summed E-state index contributed by atoms with van der Waals surface area (Å²) in [5.41, 5.74) is -0.949. The molecule has 0 bridgehead atoms. The van der Waals surface area contributed by atoms with Crippen LogP contribution in [-0.4, -0.2) is 26.2 Å². The van der Waals surface area contributed by atoms with Crippen molar-refractivity contribution in [3.63, 3.8) is 0 Å². The molecule has 1 aromatic carbocycles. The van der Waals surface area contributed by atoms with Crippen molar-refractivity contribution in [1.29, 1.82) is 0 Å². The van der Waals surface area contributed by atoms with Gasteiger partial charge in [0.2, 0.25) is 0 Å². The van der Waals surface area contributed by atoms with E-state index in [4.69, 9.17) is 4.74 Å². The molecule has 0 aliphatic heterocycles. The maximum atomic E-state index is 12.9. The van der Waals surface area contributed by atoms with Crippen LogP contribution in [-0.2, 0) is 27.7 Å². The first-order valence-corrected chi connectivity index (χ1v) is 9.06. The predicted octanol–water partition coefficient (Wildman–Crippen LogP) is 0.265. The van der Waals surface area contributed by atoms with Crippen molar-refractivity contribution < 1.29 is 9.53 Å². The monoisotopic (exact) mass is 398 g/mol. The van der Waals surface area contributed by atoms with Gasteiger partial charge in [-0.3, -0.25) is 28.1 Å². The number of para-hydroxylation sites is 1. The SMILES string of the molecule is CCOc1ccccc1CNC(=O)c1cc(=O)n(C)c2c1c(=O)n(C)c(=O)n2C. The van der Waals surface area contributed by atoms with E-state index in [1.807, 2.05) is 25.1 Å². The zero-order valence-corrected chi connectivity index (χ0v) is 16.7. The van der Waals surface area contributed by atoms with Crippen LogP contribution < -0.4 is 26.9 Å². The Balaban J connectivity index is 2.10. The summed E-state index contributed by atoms with van der Waals surface area (Å²) in [7, 11) is 4.22. The molecule has 0 spiro atoms. The molecule has 0 atom stereocenters. The van der Waals surface area contributed by atoms with E-state index in [0.29, 0.717) is 12.4 Å². The Bertz CT molecular complexity index is 1280. The number of hydrogen-bond acceptors (Lipinski definition) is 5. The molecular formula is C20H22N4O5. The molecule has 2 heterocycles. The molecule has 0 unspecified atom stereocenters. The Kier molecular flexibility index (Phi) is 5.40. The maximum Gasteiger partial charge on any atom is 0.332 e. The normalized spacial score (nSPS) is 10.9. The van der Waals surface area contributed by atoms with Crippen LogP contribution in [0.3, 0.4) is 0 Å². The largest absolute Gasteiger partial charge is 0.494 e. The van der Waals surface area contributed by atoms with Crippen LogP contribution in [0.1, 0.15) is 22.8 Å². The number of aryl methyl sites for hydroxylation is 2. The van der Waals surface area contributed by atoms with Gasteiger partial charge >= 0.3 is 5.69 Å². The van der Waals surface area contributed by atoms with Gasteiger partial charge in [0, 0.05) is 39.3 Å². The number of aromatic nitrogens is 3. The fraction of sp³-hybridized carbons (Fsp3) is 0.300. The van der Waals surface area contributed by atoms with E-state index < -0.39 is 22.7 Å². The molecule has 29 heavy (non-hydrogen) atoms. The number of amides is 1. The predicted molar refractivity (Wildman–Crippen MR) is 108 cm³/mol. The summed E-state index contributed by atoms with van der Waals surface area (Å²) >= 11 is 0. The second-order valence-electron chi connectivity index (χ2n) is 6.58. The quantitative estimate of drug-likeness (QED) is 0.664. The van der Waals surface area contributed by atoms with Crippen molar-refractivity contribution >= 4 is 16.9 Å². The Morgan fingerprint density at radius 1 is 1.03 bits per heavy atom. The highest BCUT2D eigenvalue weighted by Gasteiger charge is 2.20. The van der Waals surface area contributed by atoms with E-state index in [1.165, 1.54) is 30.3 Å². The Hall–Kier alpha value is -3.62. The molecule has 0 saturated carbocycles. The van der Waals surface area contributed by atoms with Gasteiger partial charge in [-0.15, -0.1) is 0 Å². The van der Waals surface area contributed by atoms with Crippen LogP contribution >= 0.6 is 0 Å². The number of benzene rings is 1. The highest BCUT2D eigenvalue weighted by atomic mass is 16.5. The van der Waals surface area contributed by atoms with E-state index in [9.17, 15) is 19.2 Å². The lowest BCUT2D eigenvalue weighted by atomic mass is 10.1. The molecule has 9 nitrogen and oxygen atoms in total. The van der Waals surface area contributed by atoms with Gasteiger partial charge in [0.25, 0.3) is 17.0 Å².